The molecule has 0 aromatic carbocycles. The van der Waals surface area contributed by atoms with Crippen LogP contribution in [0, 0.1) is 0 Å². The molecule has 0 aliphatic rings. The van der Waals surface area contributed by atoms with Crippen molar-refractivity contribution in [3.63, 3.8) is 0 Å². The molecule has 1 aromatic rings. The number of carboxylic acid groups (broad SMARTS) is 1. The van der Waals surface area contributed by atoms with Crippen LogP contribution in [-0.2, 0) is 9.59 Å². The number of anilines is 1. The molecule has 0 fully saturated rings. The number of aromatic nitrogens is 1. The highest BCUT2D eigenvalue weighted by Crippen LogP contribution is 2.16. The Morgan fingerprint density at radius 3 is 2.80 bits per heavy atom. The van der Waals surface area contributed by atoms with Crippen LogP contribution in [-0.4, -0.2) is 22.0 Å². The van der Waals surface area contributed by atoms with Crippen LogP contribution in [0.3, 0.4) is 0 Å². The lowest BCUT2D eigenvalue weighted by Crippen LogP contribution is -2.09. The van der Waals surface area contributed by atoms with Gasteiger partial charge in [0.05, 0.1) is 5.69 Å². The first-order chi connectivity index (χ1) is 7.09. The van der Waals surface area contributed by atoms with E-state index in [1.807, 2.05) is 0 Å². The summed E-state index contributed by atoms with van der Waals surface area (Å²) in [4.78, 5) is 25.0. The van der Waals surface area contributed by atoms with Crippen LogP contribution >= 0.6 is 11.6 Å². The van der Waals surface area contributed by atoms with Gasteiger partial charge in [-0.2, -0.15) is 0 Å². The molecule has 2 N–H and O–H groups in total. The summed E-state index contributed by atoms with van der Waals surface area (Å²) < 4.78 is 0. The average molecular weight is 227 g/mol. The number of carbonyl (C=O) groups excluding carboxylic acids is 1. The number of nitrogens with one attached hydrogen (secondary N) is 1. The van der Waals surface area contributed by atoms with Crippen LogP contribution in [0.2, 0.25) is 5.15 Å². The van der Waals surface area contributed by atoms with Gasteiger partial charge in [-0.15, -0.1) is 0 Å². The van der Waals surface area contributed by atoms with Crippen molar-refractivity contribution in [2.24, 2.45) is 0 Å². The molecule has 5 nitrogen and oxygen atoms in total. The normalized spacial score (nSPS) is 10.2. The van der Waals surface area contributed by atoms with Crippen molar-refractivity contribution in [3.05, 3.63) is 35.6 Å². The van der Waals surface area contributed by atoms with E-state index < -0.39 is 11.9 Å². The third kappa shape index (κ3) is 3.78. The number of nitrogens with zero attached hydrogens (tertiary/aromatic N) is 1. The van der Waals surface area contributed by atoms with Gasteiger partial charge in [0.25, 0.3) is 0 Å². The second-order valence-corrected chi connectivity index (χ2v) is 2.86. The number of carboxylic acids is 1. The number of hydrogen-bond acceptors (Lipinski definition) is 3. The number of aliphatic carboxylic acids is 1. The van der Waals surface area contributed by atoms with E-state index in [-0.39, 0.29) is 5.15 Å². The van der Waals surface area contributed by atoms with Crippen LogP contribution in [0.4, 0.5) is 5.69 Å². The van der Waals surface area contributed by atoms with Gasteiger partial charge < -0.3 is 10.4 Å². The van der Waals surface area contributed by atoms with Crippen molar-refractivity contribution < 1.29 is 14.7 Å². The third-order valence-corrected chi connectivity index (χ3v) is 1.70. The zero-order valence-electron chi connectivity index (χ0n) is 7.48. The maximum atomic E-state index is 11.1. The molecule has 1 amide bonds. The largest absolute Gasteiger partial charge is 0.478 e. The van der Waals surface area contributed by atoms with Crippen molar-refractivity contribution in [2.45, 2.75) is 0 Å². The van der Waals surface area contributed by atoms with Gasteiger partial charge >= 0.3 is 5.97 Å². The number of amides is 1. The molecule has 1 aromatic heterocycles. The van der Waals surface area contributed by atoms with Crippen LogP contribution < -0.4 is 5.32 Å². The molecule has 0 saturated carbocycles. The summed E-state index contributed by atoms with van der Waals surface area (Å²) in [6, 6.07) is 3.16. The predicted molar refractivity (Wildman–Crippen MR) is 54.7 cm³/mol. The highest BCUT2D eigenvalue weighted by molar-refractivity contribution is 6.32. The summed E-state index contributed by atoms with van der Waals surface area (Å²) in [6.07, 6.45) is 3.11. The number of rotatable bonds is 3. The quantitative estimate of drug-likeness (QED) is 0.602. The Morgan fingerprint density at radius 1 is 1.47 bits per heavy atom. The second kappa shape index (κ2) is 5.11. The molecule has 0 aliphatic carbocycles. The minimum absolute atomic E-state index is 0.148. The summed E-state index contributed by atoms with van der Waals surface area (Å²) >= 11 is 5.66. The Morgan fingerprint density at radius 2 is 2.20 bits per heavy atom. The maximum Gasteiger partial charge on any atom is 0.328 e. The first-order valence-corrected chi connectivity index (χ1v) is 4.30. The fraction of sp³-hybridized carbons (Fsp3) is 0. The van der Waals surface area contributed by atoms with Gasteiger partial charge in [-0.3, -0.25) is 4.79 Å². The molecule has 15 heavy (non-hydrogen) atoms. The molecule has 0 unspecified atom stereocenters. The van der Waals surface area contributed by atoms with E-state index in [0.29, 0.717) is 5.69 Å². The molecule has 0 radical (unpaired) electrons. The molecular weight excluding hydrogens is 220 g/mol. The second-order valence-electron chi connectivity index (χ2n) is 2.50. The molecule has 0 spiro atoms. The number of halogens is 1. The fourth-order valence-electron chi connectivity index (χ4n) is 0.801. The Balaban J connectivity index is 2.67. The summed E-state index contributed by atoms with van der Waals surface area (Å²) in [5.74, 6) is -1.77. The van der Waals surface area contributed by atoms with E-state index in [9.17, 15) is 9.59 Å². The Labute approximate surface area is 90.4 Å². The van der Waals surface area contributed by atoms with E-state index in [1.54, 1.807) is 12.1 Å². The lowest BCUT2D eigenvalue weighted by Gasteiger charge is -2.02. The first kappa shape index (κ1) is 11.2. The van der Waals surface area contributed by atoms with Gasteiger partial charge in [0.1, 0.15) is 0 Å². The van der Waals surface area contributed by atoms with Crippen molar-refractivity contribution in [1.82, 2.24) is 4.98 Å². The molecular formula is C9H7ClN2O3. The van der Waals surface area contributed by atoms with Crippen molar-refractivity contribution in [2.75, 3.05) is 5.32 Å². The molecule has 0 atom stereocenters. The summed E-state index contributed by atoms with van der Waals surface area (Å²) in [7, 11) is 0. The van der Waals surface area contributed by atoms with Gasteiger partial charge in [-0.1, -0.05) is 11.6 Å². The zero-order chi connectivity index (χ0) is 11.3. The Bertz CT molecular complexity index is 418. The van der Waals surface area contributed by atoms with Gasteiger partial charge in [0.15, 0.2) is 5.15 Å². The highest BCUT2D eigenvalue weighted by atomic mass is 35.5. The zero-order valence-corrected chi connectivity index (χ0v) is 8.23. The van der Waals surface area contributed by atoms with Crippen LogP contribution in [0.5, 0.6) is 0 Å². The lowest BCUT2D eigenvalue weighted by molar-refractivity contribution is -0.131. The monoisotopic (exact) mass is 226 g/mol. The Hall–Kier alpha value is -1.88. The van der Waals surface area contributed by atoms with E-state index in [1.165, 1.54) is 6.20 Å². The standard InChI is InChI=1S/C9H7ClN2O3/c10-9-6(2-1-5-11-9)12-7(13)3-4-8(14)15/h1-5H,(H,12,13)(H,14,15). The highest BCUT2D eigenvalue weighted by Gasteiger charge is 2.02. The van der Waals surface area contributed by atoms with Gasteiger partial charge in [-0.25, -0.2) is 9.78 Å². The fourth-order valence-corrected chi connectivity index (χ4v) is 0.967. The molecule has 78 valence electrons. The lowest BCUT2D eigenvalue weighted by atomic mass is 10.4. The van der Waals surface area contributed by atoms with Crippen LogP contribution in [0.25, 0.3) is 0 Å². The van der Waals surface area contributed by atoms with E-state index >= 15 is 0 Å². The molecule has 0 aliphatic heterocycles. The summed E-state index contributed by atoms with van der Waals surface area (Å²) in [5, 5.41) is 10.8. The molecule has 1 rings (SSSR count). The topological polar surface area (TPSA) is 79.3 Å². The number of hydrogen-bond donors (Lipinski definition) is 2. The maximum absolute atomic E-state index is 11.1. The number of pyridine rings is 1. The van der Waals surface area contributed by atoms with Gasteiger partial charge in [0, 0.05) is 18.3 Å². The van der Waals surface area contributed by atoms with E-state index in [2.05, 4.69) is 10.3 Å². The number of carbonyl (C=O) groups is 2. The van der Waals surface area contributed by atoms with E-state index in [0.717, 1.165) is 12.2 Å². The van der Waals surface area contributed by atoms with E-state index in [4.69, 9.17) is 16.7 Å². The van der Waals surface area contributed by atoms with Gasteiger partial charge in [-0.05, 0) is 12.1 Å². The van der Waals surface area contributed by atoms with Crippen LogP contribution in [0.15, 0.2) is 30.5 Å². The molecule has 1 heterocycles. The third-order valence-electron chi connectivity index (χ3n) is 1.39. The first-order valence-electron chi connectivity index (χ1n) is 3.92. The predicted octanol–water partition coefficient (Wildman–Crippen LogP) is 1.31. The van der Waals surface area contributed by atoms with Crippen molar-refractivity contribution >= 4 is 29.2 Å². The molecule has 0 saturated heterocycles. The molecule has 0 bridgehead atoms. The van der Waals surface area contributed by atoms with Gasteiger partial charge in [0.2, 0.25) is 5.91 Å². The minimum Gasteiger partial charge on any atom is -0.478 e. The SMILES string of the molecule is O=C(O)C=CC(=O)Nc1cccnc1Cl. The summed E-state index contributed by atoms with van der Waals surface area (Å²) in [6.45, 7) is 0. The van der Waals surface area contributed by atoms with Crippen molar-refractivity contribution in [1.29, 1.82) is 0 Å². The average Bonchev–Trinajstić information content (AvgIpc) is 2.18. The van der Waals surface area contributed by atoms with Crippen LogP contribution in [0.1, 0.15) is 0 Å². The smallest absolute Gasteiger partial charge is 0.328 e. The van der Waals surface area contributed by atoms with Crippen molar-refractivity contribution in [3.8, 4) is 0 Å². The molecule has 6 heteroatoms. The summed E-state index contributed by atoms with van der Waals surface area (Å²) in [5.41, 5.74) is 0.333. The Kier molecular flexibility index (Phi) is 3.82. The minimum atomic E-state index is -1.19.